The summed E-state index contributed by atoms with van der Waals surface area (Å²) < 4.78 is 0. The lowest BCUT2D eigenvalue weighted by Gasteiger charge is -2.17. The molecule has 3 aliphatic rings. The van der Waals surface area contributed by atoms with Gasteiger partial charge in [0, 0.05) is 10.4 Å². The lowest BCUT2D eigenvalue weighted by atomic mass is 9.85. The molecule has 0 radical (unpaired) electrons. The predicted octanol–water partition coefficient (Wildman–Crippen LogP) is 3.80. The fraction of sp³-hybridized carbons (Fsp3) is 0.304. The number of fused-ring (bicyclic) bond motifs is 5. The van der Waals surface area contributed by atoms with Gasteiger partial charge >= 0.3 is 0 Å². The van der Waals surface area contributed by atoms with Gasteiger partial charge in [0.05, 0.1) is 23.1 Å². The zero-order valence-electron chi connectivity index (χ0n) is 16.5. The van der Waals surface area contributed by atoms with E-state index < -0.39 is 0 Å². The molecule has 4 atom stereocenters. The normalized spacial score (nSPS) is 26.2. The molecule has 1 aliphatic heterocycles. The van der Waals surface area contributed by atoms with Crippen LogP contribution in [0.3, 0.4) is 0 Å². The number of nitrogens with zero attached hydrogens (tertiary/aromatic N) is 2. The molecular weight excluding hydrogens is 398 g/mol. The number of thiophene rings is 1. The van der Waals surface area contributed by atoms with Gasteiger partial charge in [0.2, 0.25) is 11.8 Å². The third-order valence-electron chi connectivity index (χ3n) is 6.58. The summed E-state index contributed by atoms with van der Waals surface area (Å²) in [6.07, 6.45) is 5.03. The Morgan fingerprint density at radius 1 is 1.10 bits per heavy atom. The van der Waals surface area contributed by atoms with Crippen molar-refractivity contribution in [3.05, 3.63) is 58.0 Å². The Morgan fingerprint density at radius 2 is 1.70 bits per heavy atom. The summed E-state index contributed by atoms with van der Waals surface area (Å²) in [7, 11) is 0. The highest BCUT2D eigenvalue weighted by Gasteiger charge is 2.59. The minimum absolute atomic E-state index is 0.137. The van der Waals surface area contributed by atoms with Gasteiger partial charge in [-0.3, -0.25) is 19.3 Å². The zero-order chi connectivity index (χ0) is 21.2. The molecule has 1 saturated carbocycles. The van der Waals surface area contributed by atoms with Gasteiger partial charge in [0.1, 0.15) is 11.1 Å². The molecular formula is C23H19N3O3S. The first-order valence-corrected chi connectivity index (χ1v) is 10.7. The number of imide groups is 1. The van der Waals surface area contributed by atoms with E-state index in [0.717, 1.165) is 16.9 Å². The first kappa shape index (κ1) is 18.8. The molecule has 2 aliphatic carbocycles. The standard InChI is InChI=1S/C23H19N3O3S/c1-11-12(2)30-21(17(11)10-24)25-20(27)13-5-7-16(8-6-13)26-22(28)18-14-3-4-15(9-14)19(18)23(26)29/h3-8,14-15,18-19H,9H2,1-2H3,(H,25,27). The van der Waals surface area contributed by atoms with Crippen molar-refractivity contribution in [2.24, 2.45) is 23.7 Å². The molecule has 1 saturated heterocycles. The van der Waals surface area contributed by atoms with E-state index in [1.807, 2.05) is 13.8 Å². The molecule has 1 aromatic carbocycles. The summed E-state index contributed by atoms with van der Waals surface area (Å²) in [6.45, 7) is 3.77. The number of hydrogen-bond acceptors (Lipinski definition) is 5. The van der Waals surface area contributed by atoms with Gasteiger partial charge in [0.15, 0.2) is 0 Å². The molecule has 2 aromatic rings. The van der Waals surface area contributed by atoms with Crippen LogP contribution in [-0.4, -0.2) is 17.7 Å². The highest BCUT2D eigenvalue weighted by molar-refractivity contribution is 7.16. The highest BCUT2D eigenvalue weighted by atomic mass is 32.1. The molecule has 30 heavy (non-hydrogen) atoms. The van der Waals surface area contributed by atoms with Crippen molar-refractivity contribution >= 4 is 39.7 Å². The second-order valence-electron chi connectivity index (χ2n) is 8.11. The minimum atomic E-state index is -0.336. The lowest BCUT2D eigenvalue weighted by molar-refractivity contribution is -0.123. The third kappa shape index (κ3) is 2.57. The van der Waals surface area contributed by atoms with Crippen LogP contribution in [-0.2, 0) is 9.59 Å². The van der Waals surface area contributed by atoms with Gasteiger partial charge in [-0.15, -0.1) is 11.3 Å². The molecule has 3 amide bonds. The van der Waals surface area contributed by atoms with Crippen molar-refractivity contribution in [2.75, 3.05) is 10.2 Å². The third-order valence-corrected chi connectivity index (χ3v) is 7.70. The number of amides is 3. The number of allylic oxidation sites excluding steroid dienone is 2. The summed E-state index contributed by atoms with van der Waals surface area (Å²) in [5.41, 5.74) is 2.24. The number of anilines is 2. The van der Waals surface area contributed by atoms with Crippen molar-refractivity contribution in [3.8, 4) is 6.07 Å². The number of nitrogens with one attached hydrogen (secondary N) is 1. The maximum Gasteiger partial charge on any atom is 0.256 e. The van der Waals surface area contributed by atoms with Crippen molar-refractivity contribution in [3.63, 3.8) is 0 Å². The fourth-order valence-corrected chi connectivity index (χ4v) is 5.95. The van der Waals surface area contributed by atoms with E-state index in [9.17, 15) is 19.6 Å². The second kappa shape index (κ2) is 6.64. The van der Waals surface area contributed by atoms with Crippen LogP contribution in [0.15, 0.2) is 36.4 Å². The quantitative estimate of drug-likeness (QED) is 0.608. The monoisotopic (exact) mass is 417 g/mol. The van der Waals surface area contributed by atoms with Crippen LogP contribution in [0.1, 0.15) is 32.8 Å². The number of carbonyl (C=O) groups excluding carboxylic acids is 3. The van der Waals surface area contributed by atoms with Gasteiger partial charge in [0.25, 0.3) is 5.91 Å². The second-order valence-corrected chi connectivity index (χ2v) is 9.34. The van der Waals surface area contributed by atoms with Crippen LogP contribution in [0.4, 0.5) is 10.7 Å². The van der Waals surface area contributed by atoms with Crippen LogP contribution >= 0.6 is 11.3 Å². The van der Waals surface area contributed by atoms with Crippen LogP contribution in [0.2, 0.25) is 0 Å². The Kier molecular flexibility index (Phi) is 4.16. The summed E-state index contributed by atoms with van der Waals surface area (Å²) in [5.74, 6) is -0.769. The first-order valence-electron chi connectivity index (χ1n) is 9.88. The van der Waals surface area contributed by atoms with E-state index in [1.54, 1.807) is 24.3 Å². The van der Waals surface area contributed by atoms with E-state index in [1.165, 1.54) is 16.2 Å². The van der Waals surface area contributed by atoms with E-state index >= 15 is 0 Å². The molecule has 6 nitrogen and oxygen atoms in total. The van der Waals surface area contributed by atoms with Crippen LogP contribution < -0.4 is 10.2 Å². The number of carbonyl (C=O) groups is 3. The molecule has 2 fully saturated rings. The van der Waals surface area contributed by atoms with E-state index in [0.29, 0.717) is 21.8 Å². The van der Waals surface area contributed by atoms with Crippen LogP contribution in [0.5, 0.6) is 0 Å². The average Bonchev–Trinajstić information content (AvgIpc) is 3.47. The Hall–Kier alpha value is -3.24. The largest absolute Gasteiger partial charge is 0.312 e. The van der Waals surface area contributed by atoms with Crippen molar-refractivity contribution < 1.29 is 14.4 Å². The van der Waals surface area contributed by atoms with Gasteiger partial charge < -0.3 is 5.32 Å². The summed E-state index contributed by atoms with van der Waals surface area (Å²) >= 11 is 1.37. The topological polar surface area (TPSA) is 90.3 Å². The SMILES string of the molecule is Cc1sc(NC(=O)c2ccc(N3C(=O)C4C5C=CC(C5)C4C3=O)cc2)c(C#N)c1C. The number of nitriles is 1. The van der Waals surface area contributed by atoms with Gasteiger partial charge in [-0.1, -0.05) is 12.2 Å². The molecule has 1 aromatic heterocycles. The summed E-state index contributed by atoms with van der Waals surface area (Å²) in [4.78, 5) is 40.7. The van der Waals surface area contributed by atoms with Crippen molar-refractivity contribution in [1.29, 1.82) is 5.26 Å². The first-order chi connectivity index (χ1) is 14.4. The van der Waals surface area contributed by atoms with Gasteiger partial charge in [-0.2, -0.15) is 5.26 Å². The average molecular weight is 417 g/mol. The predicted molar refractivity (Wildman–Crippen MR) is 113 cm³/mol. The number of hydrogen-bond donors (Lipinski definition) is 1. The van der Waals surface area contributed by atoms with E-state index in [-0.39, 0.29) is 41.4 Å². The maximum absolute atomic E-state index is 12.9. The Morgan fingerprint density at radius 3 is 2.27 bits per heavy atom. The molecule has 150 valence electrons. The Labute approximate surface area is 177 Å². The number of aryl methyl sites for hydroxylation is 1. The molecule has 4 unspecified atom stereocenters. The Balaban J connectivity index is 1.36. The number of rotatable bonds is 3. The molecule has 7 heteroatoms. The van der Waals surface area contributed by atoms with Crippen molar-refractivity contribution in [1.82, 2.24) is 0 Å². The minimum Gasteiger partial charge on any atom is -0.312 e. The molecule has 2 bridgehead atoms. The van der Waals surface area contributed by atoms with Crippen LogP contribution in [0.25, 0.3) is 0 Å². The maximum atomic E-state index is 12.9. The summed E-state index contributed by atoms with van der Waals surface area (Å²) in [5, 5.41) is 12.7. The smallest absolute Gasteiger partial charge is 0.256 e. The fourth-order valence-electron chi connectivity index (χ4n) is 4.94. The number of benzene rings is 1. The van der Waals surface area contributed by atoms with E-state index in [2.05, 4.69) is 23.5 Å². The molecule has 2 heterocycles. The van der Waals surface area contributed by atoms with Crippen LogP contribution in [0, 0.1) is 48.9 Å². The summed E-state index contributed by atoms with van der Waals surface area (Å²) in [6, 6.07) is 8.62. The zero-order valence-corrected chi connectivity index (χ0v) is 17.3. The Bertz CT molecular complexity index is 1140. The molecule has 1 N–H and O–H groups in total. The lowest BCUT2D eigenvalue weighted by Crippen LogP contribution is -2.32. The van der Waals surface area contributed by atoms with Gasteiger partial charge in [-0.25, -0.2) is 0 Å². The molecule has 0 spiro atoms. The highest BCUT2D eigenvalue weighted by Crippen LogP contribution is 2.53. The van der Waals surface area contributed by atoms with Gasteiger partial charge in [-0.05, 0) is 61.9 Å². The molecule has 5 rings (SSSR count). The van der Waals surface area contributed by atoms with E-state index in [4.69, 9.17) is 0 Å². The van der Waals surface area contributed by atoms with Crippen molar-refractivity contribution in [2.45, 2.75) is 20.3 Å².